The van der Waals surface area contributed by atoms with E-state index in [4.69, 9.17) is 15.7 Å². The van der Waals surface area contributed by atoms with Gasteiger partial charge in [0.25, 0.3) is 0 Å². The minimum Gasteiger partial charge on any atom is -0.508 e. The number of nitriles is 1. The van der Waals surface area contributed by atoms with Crippen LogP contribution in [0.3, 0.4) is 0 Å². The number of ether oxygens (including phenoxy) is 1. The number of aromatic hydroxyl groups is 1. The molecular formula is C14H17N3O3. The first-order chi connectivity index (χ1) is 9.60. The fourth-order valence-electron chi connectivity index (χ4n) is 2.14. The molecule has 1 aromatic carbocycles. The van der Waals surface area contributed by atoms with Gasteiger partial charge in [0, 0.05) is 6.54 Å². The van der Waals surface area contributed by atoms with Gasteiger partial charge in [0.2, 0.25) is 5.91 Å². The summed E-state index contributed by atoms with van der Waals surface area (Å²) < 4.78 is 5.20. The topological polar surface area (TPSA) is 99.6 Å². The summed E-state index contributed by atoms with van der Waals surface area (Å²) in [6.07, 6.45) is -0.179. The van der Waals surface area contributed by atoms with E-state index in [2.05, 4.69) is 0 Å². The van der Waals surface area contributed by atoms with Crippen LogP contribution in [0.5, 0.6) is 5.75 Å². The van der Waals surface area contributed by atoms with Crippen molar-refractivity contribution < 1.29 is 14.6 Å². The number of nitrogens with zero attached hydrogens (tertiary/aromatic N) is 2. The van der Waals surface area contributed by atoms with Crippen molar-refractivity contribution in [3.05, 3.63) is 29.8 Å². The molecule has 0 spiro atoms. The molecule has 1 unspecified atom stereocenters. The Kier molecular flexibility index (Phi) is 4.56. The molecule has 1 saturated heterocycles. The summed E-state index contributed by atoms with van der Waals surface area (Å²) >= 11 is 0. The van der Waals surface area contributed by atoms with Crippen LogP contribution < -0.4 is 5.73 Å². The summed E-state index contributed by atoms with van der Waals surface area (Å²) in [6, 6.07) is 7.94. The van der Waals surface area contributed by atoms with Crippen LogP contribution in [0.1, 0.15) is 5.56 Å². The zero-order valence-electron chi connectivity index (χ0n) is 11.0. The number of nitrogens with two attached hydrogens (primary N) is 1. The lowest BCUT2D eigenvalue weighted by atomic mass is 10.0. The van der Waals surface area contributed by atoms with E-state index in [1.54, 1.807) is 29.2 Å². The second kappa shape index (κ2) is 6.37. The molecule has 1 aliphatic heterocycles. The number of phenols is 1. The number of hydrogen-bond acceptors (Lipinski definition) is 5. The molecule has 3 N–H and O–H groups in total. The van der Waals surface area contributed by atoms with Crippen LogP contribution in [0.15, 0.2) is 24.3 Å². The third-order valence-electron chi connectivity index (χ3n) is 3.23. The predicted molar refractivity (Wildman–Crippen MR) is 71.7 cm³/mol. The van der Waals surface area contributed by atoms with Crippen molar-refractivity contribution in [3.63, 3.8) is 0 Å². The Morgan fingerprint density at radius 2 is 2.25 bits per heavy atom. The molecule has 2 rings (SSSR count). The highest BCUT2D eigenvalue weighted by Crippen LogP contribution is 2.12. The van der Waals surface area contributed by atoms with Crippen LogP contribution in [0.4, 0.5) is 0 Å². The van der Waals surface area contributed by atoms with Gasteiger partial charge < -0.3 is 20.5 Å². The molecule has 0 aromatic heterocycles. The van der Waals surface area contributed by atoms with Crippen molar-refractivity contribution in [3.8, 4) is 11.8 Å². The van der Waals surface area contributed by atoms with E-state index in [0.717, 1.165) is 5.56 Å². The lowest BCUT2D eigenvalue weighted by molar-refractivity contribution is -0.138. The van der Waals surface area contributed by atoms with E-state index in [1.807, 2.05) is 6.07 Å². The molecule has 1 heterocycles. The van der Waals surface area contributed by atoms with Crippen molar-refractivity contribution in [1.82, 2.24) is 4.90 Å². The zero-order valence-corrected chi connectivity index (χ0v) is 11.0. The summed E-state index contributed by atoms with van der Waals surface area (Å²) in [6.45, 7) is 1.08. The Morgan fingerprint density at radius 1 is 1.55 bits per heavy atom. The van der Waals surface area contributed by atoms with Crippen LogP contribution >= 0.6 is 0 Å². The van der Waals surface area contributed by atoms with E-state index in [1.165, 1.54) is 0 Å². The van der Waals surface area contributed by atoms with Gasteiger partial charge in [-0.3, -0.25) is 4.79 Å². The Balaban J connectivity index is 1.94. The first-order valence-corrected chi connectivity index (χ1v) is 6.43. The Hall–Kier alpha value is -2.10. The quantitative estimate of drug-likeness (QED) is 0.809. The molecule has 1 aliphatic rings. The maximum absolute atomic E-state index is 12.2. The number of rotatable bonds is 3. The number of carbonyl (C=O) groups is 1. The minimum absolute atomic E-state index is 0.179. The van der Waals surface area contributed by atoms with Gasteiger partial charge in [-0.05, 0) is 24.1 Å². The van der Waals surface area contributed by atoms with Gasteiger partial charge in [-0.15, -0.1) is 0 Å². The lowest BCUT2D eigenvalue weighted by Gasteiger charge is -2.31. The molecule has 6 nitrogen and oxygen atoms in total. The van der Waals surface area contributed by atoms with Crippen molar-refractivity contribution in [2.24, 2.45) is 5.73 Å². The van der Waals surface area contributed by atoms with Crippen LogP contribution in [-0.2, 0) is 16.0 Å². The van der Waals surface area contributed by atoms with Crippen molar-refractivity contribution >= 4 is 5.91 Å². The van der Waals surface area contributed by atoms with Crippen LogP contribution in [-0.4, -0.2) is 47.8 Å². The maximum Gasteiger partial charge on any atom is 0.240 e. The minimum atomic E-state index is -0.656. The molecule has 0 bridgehead atoms. The van der Waals surface area contributed by atoms with E-state index >= 15 is 0 Å². The Labute approximate surface area is 117 Å². The molecule has 1 amide bonds. The van der Waals surface area contributed by atoms with Crippen molar-refractivity contribution in [2.45, 2.75) is 18.6 Å². The highest BCUT2D eigenvalue weighted by atomic mass is 16.5. The van der Waals surface area contributed by atoms with Gasteiger partial charge in [0.15, 0.2) is 6.10 Å². The summed E-state index contributed by atoms with van der Waals surface area (Å²) in [5.74, 6) is 0.000291. The third kappa shape index (κ3) is 3.47. The average molecular weight is 275 g/mol. The SMILES string of the molecule is N#CC1CN(C(=O)[C@H](N)Cc2ccc(O)cc2)CCO1. The van der Waals surface area contributed by atoms with E-state index in [-0.39, 0.29) is 18.2 Å². The summed E-state index contributed by atoms with van der Waals surface area (Å²) in [5, 5.41) is 18.0. The number of hydrogen-bond donors (Lipinski definition) is 2. The van der Waals surface area contributed by atoms with Gasteiger partial charge in [0.05, 0.1) is 25.3 Å². The molecule has 2 atom stereocenters. The van der Waals surface area contributed by atoms with Crippen molar-refractivity contribution in [2.75, 3.05) is 19.7 Å². The molecular weight excluding hydrogens is 258 g/mol. The van der Waals surface area contributed by atoms with Crippen LogP contribution in [0, 0.1) is 11.3 Å². The maximum atomic E-state index is 12.2. The van der Waals surface area contributed by atoms with Gasteiger partial charge in [0.1, 0.15) is 5.75 Å². The van der Waals surface area contributed by atoms with E-state index in [0.29, 0.717) is 19.6 Å². The fraction of sp³-hybridized carbons (Fsp3) is 0.429. The second-order valence-electron chi connectivity index (χ2n) is 4.75. The normalized spacial score (nSPS) is 20.2. The monoisotopic (exact) mass is 275 g/mol. The molecule has 20 heavy (non-hydrogen) atoms. The summed E-state index contributed by atoms with van der Waals surface area (Å²) in [7, 11) is 0. The Bertz CT molecular complexity index is 509. The molecule has 106 valence electrons. The number of amides is 1. The van der Waals surface area contributed by atoms with Crippen LogP contribution in [0.25, 0.3) is 0 Å². The fourth-order valence-corrected chi connectivity index (χ4v) is 2.14. The molecule has 6 heteroatoms. The van der Waals surface area contributed by atoms with Crippen molar-refractivity contribution in [1.29, 1.82) is 5.26 Å². The number of phenolic OH excluding ortho intramolecular Hbond substituents is 1. The molecule has 0 radical (unpaired) electrons. The number of carbonyl (C=O) groups excluding carboxylic acids is 1. The molecule has 1 fully saturated rings. The number of morpholine rings is 1. The number of benzene rings is 1. The lowest BCUT2D eigenvalue weighted by Crippen LogP contribution is -2.51. The largest absolute Gasteiger partial charge is 0.508 e. The predicted octanol–water partition coefficient (Wildman–Crippen LogP) is 0.0130. The second-order valence-corrected chi connectivity index (χ2v) is 4.75. The zero-order chi connectivity index (χ0) is 14.5. The van der Waals surface area contributed by atoms with Gasteiger partial charge in [-0.25, -0.2) is 0 Å². The summed E-state index contributed by atoms with van der Waals surface area (Å²) in [4.78, 5) is 13.8. The summed E-state index contributed by atoms with van der Waals surface area (Å²) in [5.41, 5.74) is 6.81. The van der Waals surface area contributed by atoms with Gasteiger partial charge in [-0.1, -0.05) is 12.1 Å². The van der Waals surface area contributed by atoms with Gasteiger partial charge in [-0.2, -0.15) is 5.26 Å². The Morgan fingerprint density at radius 3 is 2.90 bits per heavy atom. The smallest absolute Gasteiger partial charge is 0.240 e. The highest BCUT2D eigenvalue weighted by molar-refractivity contribution is 5.82. The molecule has 0 saturated carbocycles. The third-order valence-corrected chi connectivity index (χ3v) is 3.23. The molecule has 0 aliphatic carbocycles. The van der Waals surface area contributed by atoms with E-state index in [9.17, 15) is 9.90 Å². The highest BCUT2D eigenvalue weighted by Gasteiger charge is 2.27. The standard InChI is InChI=1S/C14H17N3O3/c15-8-12-9-17(5-6-20-12)14(19)13(16)7-10-1-3-11(18)4-2-10/h1-4,12-13,18H,5-7,9,16H2/t12?,13-/m1/s1. The molecule has 1 aromatic rings. The van der Waals surface area contributed by atoms with E-state index < -0.39 is 12.1 Å². The first kappa shape index (κ1) is 14.3. The van der Waals surface area contributed by atoms with Gasteiger partial charge >= 0.3 is 0 Å². The van der Waals surface area contributed by atoms with Crippen LogP contribution in [0.2, 0.25) is 0 Å². The first-order valence-electron chi connectivity index (χ1n) is 6.43. The average Bonchev–Trinajstić information content (AvgIpc) is 2.48.